The van der Waals surface area contributed by atoms with Crippen LogP contribution < -0.4 is 15.6 Å². The number of halogens is 1. The van der Waals surface area contributed by atoms with Gasteiger partial charge in [0.25, 0.3) is 11.5 Å². The van der Waals surface area contributed by atoms with Crippen molar-refractivity contribution in [2.24, 2.45) is 0 Å². The van der Waals surface area contributed by atoms with Crippen molar-refractivity contribution in [3.8, 4) is 17.2 Å². The molecule has 6 heterocycles. The van der Waals surface area contributed by atoms with E-state index < -0.39 is 17.3 Å². The van der Waals surface area contributed by atoms with Gasteiger partial charge in [-0.05, 0) is 72.7 Å². The van der Waals surface area contributed by atoms with Crippen LogP contribution in [0.5, 0.6) is 11.5 Å². The van der Waals surface area contributed by atoms with Crippen molar-refractivity contribution < 1.29 is 18.7 Å². The molecular formula is C33H27FN6O4. The maximum atomic E-state index is 13.3. The fraction of sp³-hybridized carbons (Fsp3) is 0.182. The van der Waals surface area contributed by atoms with Gasteiger partial charge in [-0.3, -0.25) is 29.0 Å². The molecule has 0 radical (unpaired) electrons. The van der Waals surface area contributed by atoms with Crippen molar-refractivity contribution in [1.29, 1.82) is 0 Å². The van der Waals surface area contributed by atoms with Gasteiger partial charge in [-0.25, -0.2) is 9.37 Å². The Morgan fingerprint density at radius 2 is 1.89 bits per heavy atom. The number of rotatable bonds is 7. The highest BCUT2D eigenvalue weighted by atomic mass is 19.1. The Labute approximate surface area is 251 Å². The zero-order chi connectivity index (χ0) is 30.0. The molecule has 2 aliphatic rings. The van der Waals surface area contributed by atoms with Gasteiger partial charge < -0.3 is 14.8 Å². The number of nitrogens with zero attached hydrogens (tertiary/aromatic N) is 5. The topological polar surface area (TPSA) is 111 Å². The zero-order valence-corrected chi connectivity index (χ0v) is 23.5. The van der Waals surface area contributed by atoms with Gasteiger partial charge in [0.15, 0.2) is 0 Å². The molecule has 0 bridgehead atoms. The lowest BCUT2D eigenvalue weighted by atomic mass is 10.0. The van der Waals surface area contributed by atoms with Gasteiger partial charge in [0, 0.05) is 36.6 Å². The first kappa shape index (κ1) is 27.6. The predicted octanol–water partition coefficient (Wildman–Crippen LogP) is 4.85. The molecule has 10 nitrogen and oxygen atoms in total. The summed E-state index contributed by atoms with van der Waals surface area (Å²) < 4.78 is 26.1. The Morgan fingerprint density at radius 1 is 1.02 bits per heavy atom. The van der Waals surface area contributed by atoms with Crippen molar-refractivity contribution in [2.45, 2.75) is 12.5 Å². The van der Waals surface area contributed by atoms with Crippen LogP contribution in [0.1, 0.15) is 22.5 Å². The first-order valence-electron chi connectivity index (χ1n) is 14.2. The van der Waals surface area contributed by atoms with Gasteiger partial charge in [-0.1, -0.05) is 6.08 Å². The summed E-state index contributed by atoms with van der Waals surface area (Å²) in [6.07, 6.45) is 9.58. The number of aromatic nitrogens is 4. The molecule has 5 aromatic rings. The molecule has 1 fully saturated rings. The summed E-state index contributed by atoms with van der Waals surface area (Å²) in [6.45, 7) is 3.46. The molecule has 1 saturated heterocycles. The molecular weight excluding hydrogens is 563 g/mol. The number of nitrogens with one attached hydrogen (secondary N) is 1. The third-order valence-corrected chi connectivity index (χ3v) is 7.80. The highest BCUT2D eigenvalue weighted by Crippen LogP contribution is 2.32. The largest absolute Gasteiger partial charge is 0.455 e. The number of hydrogen-bond donors (Lipinski definition) is 1. The molecule has 0 unspecified atom stereocenters. The number of anilines is 1. The van der Waals surface area contributed by atoms with Gasteiger partial charge in [0.2, 0.25) is 0 Å². The van der Waals surface area contributed by atoms with E-state index in [4.69, 9.17) is 9.47 Å². The SMILES string of the molecule is O=C(Nc1ccc(Oc2ccnc3cnc(C4=CCN(C5COC5)CC4)cc23)cn1)c1cccn(-c2ccc(F)cc2)c1=O. The van der Waals surface area contributed by atoms with Crippen LogP contribution in [0.25, 0.3) is 22.2 Å². The first-order valence-corrected chi connectivity index (χ1v) is 14.2. The maximum absolute atomic E-state index is 13.3. The van der Waals surface area contributed by atoms with E-state index in [1.165, 1.54) is 52.9 Å². The predicted molar refractivity (Wildman–Crippen MR) is 163 cm³/mol. The van der Waals surface area contributed by atoms with Gasteiger partial charge >= 0.3 is 0 Å². The minimum Gasteiger partial charge on any atom is -0.455 e. The number of fused-ring (bicyclic) bond motifs is 1. The van der Waals surface area contributed by atoms with Gasteiger partial charge in [0.1, 0.15) is 28.7 Å². The summed E-state index contributed by atoms with van der Waals surface area (Å²) in [6, 6.07) is 16.0. The number of ether oxygens (including phenoxy) is 2. The molecule has 7 rings (SSSR count). The van der Waals surface area contributed by atoms with Crippen LogP contribution in [0.2, 0.25) is 0 Å². The zero-order valence-electron chi connectivity index (χ0n) is 23.5. The smallest absolute Gasteiger partial charge is 0.267 e. The van der Waals surface area contributed by atoms with E-state index in [2.05, 4.69) is 31.2 Å². The molecule has 0 atom stereocenters. The monoisotopic (exact) mass is 590 g/mol. The molecule has 1 aromatic carbocycles. The molecule has 0 aliphatic carbocycles. The highest BCUT2D eigenvalue weighted by molar-refractivity contribution is 6.03. The molecule has 220 valence electrons. The maximum Gasteiger partial charge on any atom is 0.267 e. The van der Waals surface area contributed by atoms with Crippen molar-refractivity contribution in [2.75, 3.05) is 31.6 Å². The lowest BCUT2D eigenvalue weighted by Gasteiger charge is -2.38. The average Bonchev–Trinajstić information content (AvgIpc) is 3.02. The van der Waals surface area contributed by atoms with Gasteiger partial charge in [0.05, 0.1) is 42.9 Å². The van der Waals surface area contributed by atoms with E-state index in [-0.39, 0.29) is 11.4 Å². The molecule has 4 aromatic heterocycles. The Bertz CT molecular complexity index is 1940. The molecule has 1 amide bonds. The summed E-state index contributed by atoms with van der Waals surface area (Å²) in [7, 11) is 0. The number of pyridine rings is 4. The summed E-state index contributed by atoms with van der Waals surface area (Å²) in [5, 5.41) is 3.48. The van der Waals surface area contributed by atoms with E-state index in [1.807, 2.05) is 6.07 Å². The fourth-order valence-electron chi connectivity index (χ4n) is 5.27. The lowest BCUT2D eigenvalue weighted by molar-refractivity contribution is -0.0612. The van der Waals surface area contributed by atoms with Crippen LogP contribution in [-0.2, 0) is 4.74 Å². The molecule has 2 aliphatic heterocycles. The van der Waals surface area contributed by atoms with Crippen molar-refractivity contribution in [3.05, 3.63) is 119 Å². The number of carbonyl (C=O) groups excluding carboxylic acids is 1. The second-order valence-electron chi connectivity index (χ2n) is 10.6. The number of hydrogen-bond acceptors (Lipinski definition) is 8. The van der Waals surface area contributed by atoms with Crippen LogP contribution in [-0.4, -0.2) is 62.7 Å². The molecule has 0 saturated carbocycles. The molecule has 1 N–H and O–H groups in total. The Kier molecular flexibility index (Phi) is 7.38. The number of carbonyl (C=O) groups is 1. The van der Waals surface area contributed by atoms with E-state index in [0.717, 1.165) is 43.8 Å². The third-order valence-electron chi connectivity index (χ3n) is 7.80. The van der Waals surface area contributed by atoms with Crippen molar-refractivity contribution >= 4 is 28.2 Å². The first-order chi connectivity index (χ1) is 21.5. The van der Waals surface area contributed by atoms with Crippen LogP contribution >= 0.6 is 0 Å². The summed E-state index contributed by atoms with van der Waals surface area (Å²) in [5.74, 6) is 0.276. The standard InChI is InChI=1S/C33H27FN6O4/c34-22-3-5-23(6-4-22)40-13-1-2-26(33(40)42)32(41)38-31-8-7-25(17-37-31)44-30-9-12-35-29-18-36-28(16-27(29)30)21-10-14-39(15-11-21)24-19-43-20-24/h1-10,12-13,16-18,24H,11,14-15,19-20H2,(H,37,38,41). The van der Waals surface area contributed by atoms with Crippen LogP contribution in [0.15, 0.2) is 96.3 Å². The Hall–Kier alpha value is -5.26. The summed E-state index contributed by atoms with van der Waals surface area (Å²) in [4.78, 5) is 41.8. The van der Waals surface area contributed by atoms with Crippen molar-refractivity contribution in [1.82, 2.24) is 24.4 Å². The van der Waals surface area contributed by atoms with E-state index in [0.29, 0.717) is 28.7 Å². The van der Waals surface area contributed by atoms with Gasteiger partial charge in [-0.15, -0.1) is 0 Å². The highest BCUT2D eigenvalue weighted by Gasteiger charge is 2.27. The van der Waals surface area contributed by atoms with Crippen LogP contribution in [0.3, 0.4) is 0 Å². The van der Waals surface area contributed by atoms with E-state index in [9.17, 15) is 14.0 Å². The minimum atomic E-state index is -0.617. The van der Waals surface area contributed by atoms with Crippen LogP contribution in [0, 0.1) is 5.82 Å². The van der Waals surface area contributed by atoms with Gasteiger partial charge in [-0.2, -0.15) is 0 Å². The molecule has 44 heavy (non-hydrogen) atoms. The number of amides is 1. The second kappa shape index (κ2) is 11.8. The average molecular weight is 591 g/mol. The minimum absolute atomic E-state index is 0.0792. The van der Waals surface area contributed by atoms with E-state index >= 15 is 0 Å². The molecule has 11 heteroatoms. The fourth-order valence-corrected chi connectivity index (χ4v) is 5.27. The summed E-state index contributed by atoms with van der Waals surface area (Å²) >= 11 is 0. The van der Waals surface area contributed by atoms with E-state index in [1.54, 1.807) is 36.7 Å². The molecule has 0 spiro atoms. The third kappa shape index (κ3) is 5.58. The Morgan fingerprint density at radius 3 is 2.61 bits per heavy atom. The quantitative estimate of drug-likeness (QED) is 0.287. The lowest BCUT2D eigenvalue weighted by Crippen LogP contribution is -2.50. The Balaban J connectivity index is 1.06. The normalized spacial score (nSPS) is 15.4. The van der Waals surface area contributed by atoms with Crippen LogP contribution in [0.4, 0.5) is 10.2 Å². The summed E-state index contributed by atoms with van der Waals surface area (Å²) in [5.41, 5.74) is 2.63. The number of benzene rings is 1. The second-order valence-corrected chi connectivity index (χ2v) is 10.6. The van der Waals surface area contributed by atoms with Crippen molar-refractivity contribution in [3.63, 3.8) is 0 Å².